The SMILES string of the molecule is CN=C(NCc1ccc(CN(C)C)cc1)NC1CCN(c2cccc(Cl)c2)C1. The van der Waals surface area contributed by atoms with Gasteiger partial charge in [0.15, 0.2) is 5.96 Å². The van der Waals surface area contributed by atoms with Crippen LogP contribution in [0.3, 0.4) is 0 Å². The van der Waals surface area contributed by atoms with Gasteiger partial charge < -0.3 is 20.4 Å². The van der Waals surface area contributed by atoms with Gasteiger partial charge in [0.05, 0.1) is 0 Å². The second-order valence-electron chi connectivity index (χ2n) is 7.54. The van der Waals surface area contributed by atoms with Gasteiger partial charge in [0.1, 0.15) is 0 Å². The minimum Gasteiger partial charge on any atom is -0.369 e. The first kappa shape index (κ1) is 20.5. The first-order valence-corrected chi connectivity index (χ1v) is 10.1. The summed E-state index contributed by atoms with van der Waals surface area (Å²) in [6, 6.07) is 17.1. The molecular formula is C22H30ClN5. The molecule has 6 heteroatoms. The van der Waals surface area contributed by atoms with Crippen LogP contribution in [0.5, 0.6) is 0 Å². The van der Waals surface area contributed by atoms with Gasteiger partial charge in [-0.3, -0.25) is 4.99 Å². The third-order valence-electron chi connectivity index (χ3n) is 4.91. The summed E-state index contributed by atoms with van der Waals surface area (Å²) < 4.78 is 0. The van der Waals surface area contributed by atoms with Crippen LogP contribution in [-0.4, -0.2) is 51.1 Å². The molecule has 0 bridgehead atoms. The molecule has 28 heavy (non-hydrogen) atoms. The fraction of sp³-hybridized carbons (Fsp3) is 0.409. The molecule has 2 aromatic carbocycles. The molecule has 0 spiro atoms. The maximum atomic E-state index is 6.13. The quantitative estimate of drug-likeness (QED) is 0.577. The number of hydrogen-bond acceptors (Lipinski definition) is 3. The van der Waals surface area contributed by atoms with E-state index in [9.17, 15) is 0 Å². The number of aliphatic imine (C=N–C) groups is 1. The van der Waals surface area contributed by atoms with E-state index in [-0.39, 0.29) is 0 Å². The van der Waals surface area contributed by atoms with Gasteiger partial charge in [0.25, 0.3) is 0 Å². The first-order chi connectivity index (χ1) is 13.5. The van der Waals surface area contributed by atoms with Crippen molar-refractivity contribution >= 4 is 23.2 Å². The first-order valence-electron chi connectivity index (χ1n) is 9.74. The van der Waals surface area contributed by atoms with E-state index in [1.54, 1.807) is 0 Å². The number of anilines is 1. The average Bonchev–Trinajstić information content (AvgIpc) is 3.14. The number of rotatable bonds is 6. The maximum Gasteiger partial charge on any atom is 0.191 e. The highest BCUT2D eigenvalue weighted by atomic mass is 35.5. The molecule has 0 aromatic heterocycles. The van der Waals surface area contributed by atoms with Crippen molar-refractivity contribution in [2.75, 3.05) is 39.1 Å². The van der Waals surface area contributed by atoms with Crippen LogP contribution < -0.4 is 15.5 Å². The minimum atomic E-state index is 0.368. The maximum absolute atomic E-state index is 6.13. The summed E-state index contributed by atoms with van der Waals surface area (Å²) in [6.45, 7) is 3.68. The standard InChI is InChI=1S/C22H30ClN5/c1-24-22(25-14-17-7-9-18(10-8-17)15-27(2)3)26-20-11-12-28(16-20)21-6-4-5-19(23)13-21/h4-10,13,20H,11-12,14-16H2,1-3H3,(H2,24,25,26). The predicted octanol–water partition coefficient (Wildman–Crippen LogP) is 3.35. The lowest BCUT2D eigenvalue weighted by Gasteiger charge is -2.20. The third kappa shape index (κ3) is 5.88. The lowest BCUT2D eigenvalue weighted by Crippen LogP contribution is -2.44. The molecule has 0 aliphatic carbocycles. The number of nitrogens with one attached hydrogen (secondary N) is 2. The van der Waals surface area contributed by atoms with E-state index in [4.69, 9.17) is 11.6 Å². The number of guanidine groups is 1. The lowest BCUT2D eigenvalue weighted by atomic mass is 10.1. The van der Waals surface area contributed by atoms with Crippen molar-refractivity contribution < 1.29 is 0 Å². The van der Waals surface area contributed by atoms with Crippen molar-refractivity contribution in [1.82, 2.24) is 15.5 Å². The second kappa shape index (κ2) is 9.80. The van der Waals surface area contributed by atoms with Crippen molar-refractivity contribution in [2.45, 2.75) is 25.6 Å². The second-order valence-corrected chi connectivity index (χ2v) is 7.97. The van der Waals surface area contributed by atoms with Crippen LogP contribution in [-0.2, 0) is 13.1 Å². The van der Waals surface area contributed by atoms with Gasteiger partial charge in [-0.05, 0) is 49.8 Å². The molecule has 2 aromatic rings. The smallest absolute Gasteiger partial charge is 0.191 e. The highest BCUT2D eigenvalue weighted by molar-refractivity contribution is 6.30. The number of hydrogen-bond donors (Lipinski definition) is 2. The van der Waals surface area contributed by atoms with Crippen LogP contribution in [0.15, 0.2) is 53.5 Å². The number of halogens is 1. The fourth-order valence-electron chi connectivity index (χ4n) is 3.49. The Kier molecular flexibility index (Phi) is 7.18. The van der Waals surface area contributed by atoms with E-state index in [1.807, 2.05) is 25.2 Å². The molecule has 1 aliphatic rings. The summed E-state index contributed by atoms with van der Waals surface area (Å²) in [5.41, 5.74) is 3.75. The van der Waals surface area contributed by atoms with Crippen molar-refractivity contribution in [3.8, 4) is 0 Å². The van der Waals surface area contributed by atoms with Gasteiger partial charge in [0, 0.05) is 50.0 Å². The van der Waals surface area contributed by atoms with Crippen molar-refractivity contribution in [1.29, 1.82) is 0 Å². The summed E-state index contributed by atoms with van der Waals surface area (Å²) in [5.74, 6) is 0.843. The molecule has 3 rings (SSSR count). The van der Waals surface area contributed by atoms with Gasteiger partial charge in [-0.2, -0.15) is 0 Å². The van der Waals surface area contributed by atoms with E-state index >= 15 is 0 Å². The van der Waals surface area contributed by atoms with Crippen LogP contribution in [0.2, 0.25) is 5.02 Å². The van der Waals surface area contributed by atoms with Crippen molar-refractivity contribution in [2.24, 2.45) is 4.99 Å². The molecule has 2 N–H and O–H groups in total. The van der Waals surface area contributed by atoms with Crippen molar-refractivity contribution in [3.05, 3.63) is 64.7 Å². The third-order valence-corrected chi connectivity index (χ3v) is 5.14. The van der Waals surface area contributed by atoms with Gasteiger partial charge in [-0.25, -0.2) is 0 Å². The molecule has 0 saturated carbocycles. The van der Waals surface area contributed by atoms with E-state index in [0.29, 0.717) is 6.04 Å². The lowest BCUT2D eigenvalue weighted by molar-refractivity contribution is 0.402. The monoisotopic (exact) mass is 399 g/mol. The summed E-state index contributed by atoms with van der Waals surface area (Å²) in [5, 5.41) is 7.75. The molecule has 1 heterocycles. The summed E-state index contributed by atoms with van der Waals surface area (Å²) in [4.78, 5) is 8.92. The Labute approximate surface area is 173 Å². The molecule has 0 radical (unpaired) electrons. The Hall–Kier alpha value is -2.24. The van der Waals surface area contributed by atoms with Gasteiger partial charge in [0.2, 0.25) is 0 Å². The fourth-order valence-corrected chi connectivity index (χ4v) is 3.67. The molecule has 1 atom stereocenters. The van der Waals surface area contributed by atoms with Crippen LogP contribution in [0, 0.1) is 0 Å². The van der Waals surface area contributed by atoms with Gasteiger partial charge >= 0.3 is 0 Å². The van der Waals surface area contributed by atoms with Crippen LogP contribution in [0.25, 0.3) is 0 Å². The topological polar surface area (TPSA) is 42.9 Å². The Morgan fingerprint density at radius 1 is 1.18 bits per heavy atom. The predicted molar refractivity (Wildman–Crippen MR) is 119 cm³/mol. The summed E-state index contributed by atoms with van der Waals surface area (Å²) in [7, 11) is 5.99. The van der Waals surface area contributed by atoms with Crippen molar-refractivity contribution in [3.63, 3.8) is 0 Å². The van der Waals surface area contributed by atoms with E-state index in [1.165, 1.54) is 16.8 Å². The van der Waals surface area contributed by atoms with Gasteiger partial charge in [-0.15, -0.1) is 0 Å². The Bertz CT molecular complexity index is 788. The highest BCUT2D eigenvalue weighted by Gasteiger charge is 2.23. The van der Waals surface area contributed by atoms with Crippen LogP contribution >= 0.6 is 11.6 Å². The Morgan fingerprint density at radius 2 is 1.93 bits per heavy atom. The zero-order valence-electron chi connectivity index (χ0n) is 17.0. The normalized spacial score (nSPS) is 17.2. The molecule has 1 unspecified atom stereocenters. The molecule has 1 saturated heterocycles. The number of nitrogens with zero attached hydrogens (tertiary/aromatic N) is 3. The largest absolute Gasteiger partial charge is 0.369 e. The van der Waals surface area contributed by atoms with Crippen LogP contribution in [0.4, 0.5) is 5.69 Å². The number of benzene rings is 2. The summed E-state index contributed by atoms with van der Waals surface area (Å²) in [6.07, 6.45) is 1.08. The minimum absolute atomic E-state index is 0.368. The summed E-state index contributed by atoms with van der Waals surface area (Å²) >= 11 is 6.13. The highest BCUT2D eigenvalue weighted by Crippen LogP contribution is 2.23. The average molecular weight is 400 g/mol. The molecule has 0 amide bonds. The molecule has 5 nitrogen and oxygen atoms in total. The van der Waals surface area contributed by atoms with E-state index < -0.39 is 0 Å². The Balaban J connectivity index is 1.48. The van der Waals surface area contributed by atoms with E-state index in [2.05, 4.69) is 69.9 Å². The zero-order chi connectivity index (χ0) is 19.9. The molecule has 150 valence electrons. The van der Waals surface area contributed by atoms with Crippen LogP contribution in [0.1, 0.15) is 17.5 Å². The molecular weight excluding hydrogens is 370 g/mol. The van der Waals surface area contributed by atoms with Gasteiger partial charge in [-0.1, -0.05) is 41.9 Å². The molecule has 1 aliphatic heterocycles. The Morgan fingerprint density at radius 3 is 2.61 bits per heavy atom. The molecule has 1 fully saturated rings. The zero-order valence-corrected chi connectivity index (χ0v) is 17.7. The van der Waals surface area contributed by atoms with E-state index in [0.717, 1.165) is 43.6 Å².